The summed E-state index contributed by atoms with van der Waals surface area (Å²) in [4.78, 5) is 5.82. The van der Waals surface area contributed by atoms with Gasteiger partial charge in [0.25, 0.3) is 0 Å². The zero-order chi connectivity index (χ0) is 155. The Kier molecular flexibility index (Phi) is 19.0. The number of fused-ring (bicyclic) bond motifs is 18. The van der Waals surface area contributed by atoms with Crippen molar-refractivity contribution in [2.24, 2.45) is 69.5 Å². The maximum Gasteiger partial charge on any atom is 0.161 e. The van der Waals surface area contributed by atoms with Gasteiger partial charge in [0, 0.05) is 180 Å². The van der Waals surface area contributed by atoms with Gasteiger partial charge in [-0.25, -0.2) is 0 Å². The van der Waals surface area contributed by atoms with E-state index in [4.69, 9.17) is 134 Å². The summed E-state index contributed by atoms with van der Waals surface area (Å²) >= 11 is 0. The smallest absolute Gasteiger partial charge is 0.161 e. The van der Waals surface area contributed by atoms with Crippen molar-refractivity contribution in [1.82, 2.24) is 29.4 Å². The van der Waals surface area contributed by atoms with Gasteiger partial charge < -0.3 is 87.5 Å². The van der Waals surface area contributed by atoms with Crippen molar-refractivity contribution in [1.29, 1.82) is 0 Å². The minimum Gasteiger partial charge on any atom is -0.493 e. The molecule has 6 aromatic carbocycles. The highest BCUT2D eigenvalue weighted by Crippen LogP contribution is 2.53. The molecule has 6 fully saturated rings. The van der Waals surface area contributed by atoms with Crippen LogP contribution in [0.4, 0.5) is 0 Å². The number of aliphatic hydroxyl groups is 6. The standard InChI is InChI=1S/3C20H31NO3.3C19H29NO3/c3*1-20(2,3)11-14-12-21-7-6-13-8-18(23-4)19(24-5)9-15(13)16(21)10-17(14)22;3*1-12(2)7-14-11-20-6-5-13-8-18(22-3)19(23-4)9-15(13)16(20)10-17(14)21/h3*8-9,14,16-17,22H,6-7,10-12H2,1-5H3;3*8-9,12,14,16-17,21H,5-7,10-11H2,1-4H3/i1D3,2D3,5D3,6D2,7D2,11D2,16D;2*1D3,2D3,6D2,7D2,11D2,16D;4D3,5D2,6D2,16D;2*5D2,6D2,16D. The highest BCUT2D eigenvalue weighted by molar-refractivity contribution is 5.55. The summed E-state index contributed by atoms with van der Waals surface area (Å²) < 4.78 is 564. The SMILES string of the molecule is [2H]C([2H])([2H])Oc1cc2c(cc1OC)C([2H])([2H])C([2H])([2H])N1CC(C([2H])([2H])C(C)(C([2H])([2H])[2H])C([2H])([2H])[2H])C(O)CC21[2H].[2H]C([2H])([2H])Oc1cc2c(cc1OC)C([2H])([2H])C([2H])([2H])N1CC(CC(C)C)C(O)CC21[2H].[2H]C12CC(O)C(C([2H])([2H])C(C)(C([2H])([2H])[2H])C([2H])([2H])[2H])CN1C([2H])([2H])C([2H])([2H])c1cc(OC)c(OC)cc12.[2H]C12CC(O)C(C([2H])([2H])C(C)(C([2H])([2H])[2H])C([2H])([2H])[2H])CN1C([2H])([2H])C([2H])([2H])c1cc(OC)c(OC)cc12.[2H]C12CC(O)C(CC(C)C)CN1C([2H])([2H])C([2H])([2H])c1cc(OC)c(OC)cc12.[2H]C12CC(O)C(CC(C)C)CN1C([2H])([2H])C([2H])([2H])c1cc(OC)c(OC)cc12. The van der Waals surface area contributed by atoms with Crippen LogP contribution in [0.2, 0.25) is 0 Å². The Hall–Kier alpha value is -7.56. The van der Waals surface area contributed by atoms with Crippen LogP contribution < -0.4 is 56.8 Å². The van der Waals surface area contributed by atoms with Gasteiger partial charge in [-0.15, -0.1) is 0 Å². The lowest BCUT2D eigenvalue weighted by Crippen LogP contribution is -2.48. The van der Waals surface area contributed by atoms with E-state index in [2.05, 4.69) is 0 Å². The number of aliphatic hydroxyl groups excluding tert-OH is 6. The van der Waals surface area contributed by atoms with Crippen LogP contribution in [-0.4, -0.2) is 260 Å². The molecule has 0 spiro atoms. The van der Waals surface area contributed by atoms with E-state index < -0.39 is 308 Å². The molecule has 12 aliphatic rings. The minimum atomic E-state index is -3.41. The fourth-order valence-electron chi connectivity index (χ4n) is 19.7. The van der Waals surface area contributed by atoms with Crippen LogP contribution in [0.15, 0.2) is 72.8 Å². The molecule has 0 aromatic heterocycles. The summed E-state index contributed by atoms with van der Waals surface area (Å²) in [6.45, 7) is -24.6. The first kappa shape index (κ1) is 55.5. The summed E-state index contributed by atoms with van der Waals surface area (Å²) in [6, 6.07) is 3.81. The maximum absolute atomic E-state index is 11.2. The zero-order valence-corrected chi connectivity index (χ0v) is 83.5. The van der Waals surface area contributed by atoms with Crippen LogP contribution in [0.25, 0.3) is 0 Å². The Morgan fingerprint density at radius 2 is 0.433 bits per heavy atom. The third kappa shape index (κ3) is 26.9. The molecular formula is C117H180N6O18. The number of piperidine rings is 6. The monoisotopic (exact) mass is 2020 g/mol. The number of aryl methyl sites for hydroxylation is 6. The normalized spacial score (nSPS) is 42.1. The molecule has 0 radical (unpaired) electrons. The van der Waals surface area contributed by atoms with E-state index in [-0.39, 0.29) is 164 Å². The van der Waals surface area contributed by atoms with Crippen LogP contribution in [0.1, 0.15) is 365 Å². The molecule has 18 atom stereocenters. The second-order valence-electron chi connectivity index (χ2n) is 38.5. The number of methoxy groups -OCH3 is 12. The molecule has 6 N–H and O–H groups in total. The van der Waals surface area contributed by atoms with Crippen LogP contribution in [0.3, 0.4) is 0 Å². The molecule has 18 unspecified atom stereocenters. The van der Waals surface area contributed by atoms with Gasteiger partial charge in [-0.3, -0.25) is 29.4 Å². The van der Waals surface area contributed by atoms with E-state index in [1.54, 1.807) is 12.1 Å². The van der Waals surface area contributed by atoms with E-state index >= 15 is 0 Å². The molecule has 24 heteroatoms. The highest BCUT2D eigenvalue weighted by Gasteiger charge is 2.47. The largest absolute Gasteiger partial charge is 0.493 e. The van der Waals surface area contributed by atoms with Gasteiger partial charge in [0.2, 0.25) is 0 Å². The predicted molar refractivity (Wildman–Crippen MR) is 561 cm³/mol. The van der Waals surface area contributed by atoms with Crippen LogP contribution in [-0.2, 0) is 38.2 Å². The van der Waals surface area contributed by atoms with E-state index in [9.17, 15) is 36.1 Å². The second kappa shape index (κ2) is 48.4. The molecule has 141 heavy (non-hydrogen) atoms. The van der Waals surface area contributed by atoms with Gasteiger partial charge in [-0.1, -0.05) is 103 Å². The molecule has 12 heterocycles. The molecular weight excluding hydrogens is 1780 g/mol. The lowest BCUT2D eigenvalue weighted by molar-refractivity contribution is -0.0259. The molecule has 0 saturated carbocycles. The van der Waals surface area contributed by atoms with Gasteiger partial charge in [0.1, 0.15) is 0 Å². The van der Waals surface area contributed by atoms with Gasteiger partial charge in [0.15, 0.2) is 69.0 Å². The maximum atomic E-state index is 11.2. The van der Waals surface area contributed by atoms with Crippen molar-refractivity contribution in [2.45, 2.75) is 291 Å². The molecule has 12 aliphatic heterocycles. The van der Waals surface area contributed by atoms with E-state index in [0.29, 0.717) is 65.5 Å². The second-order valence-corrected chi connectivity index (χ2v) is 38.5. The Bertz CT molecular complexity index is 7590. The minimum absolute atomic E-state index is 0.00244. The first-order valence-corrected chi connectivity index (χ1v) is 47.0. The third-order valence-corrected chi connectivity index (χ3v) is 26.3. The Morgan fingerprint density at radius 1 is 0.277 bits per heavy atom. The van der Waals surface area contributed by atoms with Crippen LogP contribution >= 0.6 is 0 Å². The van der Waals surface area contributed by atoms with Crippen LogP contribution in [0, 0.1) is 69.5 Å². The molecule has 24 nitrogen and oxygen atoms in total. The van der Waals surface area contributed by atoms with Gasteiger partial charge >= 0.3 is 0 Å². The summed E-state index contributed by atoms with van der Waals surface area (Å²) in [5.74, 6) is -4.60. The van der Waals surface area contributed by atoms with Crippen molar-refractivity contribution in [3.05, 3.63) is 140 Å². The number of hydrogen-bond acceptors (Lipinski definition) is 24. The topological polar surface area (TPSA) is 252 Å². The molecule has 6 saturated heterocycles. The van der Waals surface area contributed by atoms with Gasteiger partial charge in [0.05, 0.1) is 138 Å². The van der Waals surface area contributed by atoms with Crippen molar-refractivity contribution in [3.63, 3.8) is 0 Å². The quantitative estimate of drug-likeness (QED) is 0.0392. The van der Waals surface area contributed by atoms with E-state index in [0.717, 1.165) is 47.8 Å². The number of hydrogen-bond donors (Lipinski definition) is 6. The van der Waals surface area contributed by atoms with Crippen molar-refractivity contribution in [3.8, 4) is 69.0 Å². The summed E-state index contributed by atoms with van der Waals surface area (Å²) in [6.07, 6.45) is -33.3. The van der Waals surface area contributed by atoms with E-state index in [1.165, 1.54) is 122 Å². The highest BCUT2D eigenvalue weighted by atomic mass is 16.5. The van der Waals surface area contributed by atoms with Crippen molar-refractivity contribution < 1.29 is 170 Å². The lowest BCUT2D eigenvalue weighted by atomic mass is 9.75. The van der Waals surface area contributed by atoms with Crippen molar-refractivity contribution in [2.75, 3.05) is 163 Å². The zero-order valence-electron chi connectivity index (χ0n) is 143. The number of benzene rings is 6. The Balaban J connectivity index is 0.000000194. The summed E-state index contributed by atoms with van der Waals surface area (Å²) in [5.41, 5.74) is -9.51. The van der Waals surface area contributed by atoms with E-state index in [1.807, 2.05) is 41.5 Å². The molecule has 6 aromatic rings. The third-order valence-electron chi connectivity index (χ3n) is 26.3. The lowest BCUT2D eigenvalue weighted by Gasteiger charge is -2.47. The Labute approximate surface area is 930 Å². The fraction of sp³-hybridized carbons (Fsp3) is 0.692. The van der Waals surface area contributed by atoms with Crippen molar-refractivity contribution >= 4 is 0 Å². The molecule has 786 valence electrons. The van der Waals surface area contributed by atoms with Gasteiger partial charge in [-0.05, 0) is 324 Å². The molecule has 18 rings (SSSR count). The average Bonchev–Trinajstić information content (AvgIpc) is 0.594. The molecule has 0 aliphatic carbocycles. The first-order chi connectivity index (χ1) is 90.4. The molecule has 0 bridgehead atoms. The molecule has 0 amide bonds. The van der Waals surface area contributed by atoms with Crippen LogP contribution in [0.5, 0.6) is 69.0 Å². The predicted octanol–water partition coefficient (Wildman–Crippen LogP) is 19.3. The fourth-order valence-corrected chi connectivity index (χ4v) is 19.7. The first-order valence-electron chi connectivity index (χ1n) is 77.0. The Morgan fingerprint density at radius 3 is 0.589 bits per heavy atom. The number of ether oxygens (including phenoxy) is 12. The summed E-state index contributed by atoms with van der Waals surface area (Å²) in [5, 5.41) is 65.7. The number of rotatable bonds is 21. The number of nitrogens with zero attached hydrogens (tertiary/aromatic N) is 6. The van der Waals surface area contributed by atoms with Gasteiger partial charge in [-0.2, -0.15) is 0 Å². The summed E-state index contributed by atoms with van der Waals surface area (Å²) in [7, 11) is 7.68. The average molecular weight is 2020 g/mol.